The van der Waals surface area contributed by atoms with Gasteiger partial charge in [-0.3, -0.25) is 19.7 Å². The van der Waals surface area contributed by atoms with Gasteiger partial charge in [0.25, 0.3) is 11.8 Å². The molecule has 152 valence electrons. The van der Waals surface area contributed by atoms with E-state index in [4.69, 9.17) is 9.84 Å². The summed E-state index contributed by atoms with van der Waals surface area (Å²) in [6.07, 6.45) is 1.49. The summed E-state index contributed by atoms with van der Waals surface area (Å²) in [4.78, 5) is 56.3. The Morgan fingerprint density at radius 2 is 1.53 bits per heavy atom. The van der Waals surface area contributed by atoms with Crippen molar-refractivity contribution in [2.24, 2.45) is 0 Å². The zero-order valence-electron chi connectivity index (χ0n) is 15.5. The second-order valence-electron chi connectivity index (χ2n) is 6.24. The first-order valence-electron chi connectivity index (χ1n) is 8.81. The third kappa shape index (κ3) is 4.58. The number of β-lactam (4-membered cyclic amide) rings is 1. The molecule has 4 rings (SSSR count). The number of para-hydroxylation sites is 1. The van der Waals surface area contributed by atoms with Gasteiger partial charge in [0, 0.05) is 6.08 Å². The van der Waals surface area contributed by atoms with Crippen molar-refractivity contribution in [3.8, 4) is 5.75 Å². The number of likely N-dealkylation sites (tertiary alicyclic amines) is 1. The molecule has 2 aliphatic rings. The molecule has 30 heavy (non-hydrogen) atoms. The van der Waals surface area contributed by atoms with Gasteiger partial charge in [-0.1, -0.05) is 36.4 Å². The smallest absolute Gasteiger partial charge is 0.422 e. The predicted molar refractivity (Wildman–Crippen MR) is 103 cm³/mol. The third-order valence-electron chi connectivity index (χ3n) is 4.23. The first kappa shape index (κ1) is 20.5. The Bertz CT molecular complexity index is 1010. The SMILES string of the molecule is O=C(O)/C=C/[C@@H]1CC(=O)N1C(=O)Oc1ccccc1.O=C1NC(=O)c2ccccc21. The van der Waals surface area contributed by atoms with E-state index in [1.54, 1.807) is 54.6 Å². The molecule has 0 saturated carbocycles. The molecule has 2 aromatic rings. The minimum Gasteiger partial charge on any atom is -0.478 e. The van der Waals surface area contributed by atoms with Gasteiger partial charge in [0.1, 0.15) is 5.75 Å². The second-order valence-corrected chi connectivity index (χ2v) is 6.24. The average Bonchev–Trinajstić information content (AvgIpc) is 3.00. The summed E-state index contributed by atoms with van der Waals surface area (Å²) in [6.45, 7) is 0. The standard InChI is InChI=1S/C13H11NO5.C8H5NO2/c15-11-8-9(6-7-12(16)17)14(11)13(18)19-10-4-2-1-3-5-10;10-7-5-3-1-2-4-6(5)8(11)9-7/h1-7,9H,8H2,(H,16,17);1-4H,(H,9,10,11)/b7-6+;/t9-;/m1./s1. The van der Waals surface area contributed by atoms with Crippen LogP contribution in [0.4, 0.5) is 4.79 Å². The van der Waals surface area contributed by atoms with Crippen molar-refractivity contribution in [3.63, 3.8) is 0 Å². The minimum absolute atomic E-state index is 0.105. The lowest BCUT2D eigenvalue weighted by atomic mass is 10.0. The highest BCUT2D eigenvalue weighted by atomic mass is 16.6. The predicted octanol–water partition coefficient (Wildman–Crippen LogP) is 2.00. The van der Waals surface area contributed by atoms with Crippen LogP contribution in [0, 0.1) is 0 Å². The summed E-state index contributed by atoms with van der Waals surface area (Å²) in [7, 11) is 0. The number of carboxylic acid groups (broad SMARTS) is 1. The van der Waals surface area contributed by atoms with E-state index in [9.17, 15) is 24.0 Å². The van der Waals surface area contributed by atoms with Gasteiger partial charge in [-0.05, 0) is 24.3 Å². The molecule has 0 spiro atoms. The van der Waals surface area contributed by atoms with Crippen molar-refractivity contribution in [2.75, 3.05) is 0 Å². The summed E-state index contributed by atoms with van der Waals surface area (Å²) in [5.41, 5.74) is 0.940. The number of carbonyl (C=O) groups is 5. The maximum absolute atomic E-state index is 11.8. The second kappa shape index (κ2) is 8.82. The topological polar surface area (TPSA) is 130 Å². The van der Waals surface area contributed by atoms with E-state index in [1.165, 1.54) is 6.08 Å². The Kier molecular flexibility index (Phi) is 6.02. The Hall–Kier alpha value is -4.27. The van der Waals surface area contributed by atoms with Crippen LogP contribution in [0.25, 0.3) is 0 Å². The fourth-order valence-electron chi connectivity index (χ4n) is 2.78. The van der Waals surface area contributed by atoms with Gasteiger partial charge in [-0.2, -0.15) is 0 Å². The molecule has 1 fully saturated rings. The molecule has 0 aromatic heterocycles. The lowest BCUT2D eigenvalue weighted by Crippen LogP contribution is -2.55. The van der Waals surface area contributed by atoms with E-state index in [0.29, 0.717) is 16.9 Å². The van der Waals surface area contributed by atoms with Crippen LogP contribution in [0.5, 0.6) is 5.75 Å². The lowest BCUT2D eigenvalue weighted by molar-refractivity contribution is -0.140. The maximum atomic E-state index is 11.8. The molecule has 2 heterocycles. The van der Waals surface area contributed by atoms with Crippen LogP contribution in [-0.2, 0) is 9.59 Å². The number of amides is 4. The van der Waals surface area contributed by atoms with Crippen molar-refractivity contribution in [3.05, 3.63) is 77.9 Å². The molecule has 2 aliphatic heterocycles. The fraction of sp³-hybridized carbons (Fsp3) is 0.0952. The number of aliphatic carboxylic acids is 1. The number of hydrogen-bond acceptors (Lipinski definition) is 6. The third-order valence-corrected chi connectivity index (χ3v) is 4.23. The number of benzene rings is 2. The number of ether oxygens (including phenoxy) is 1. The van der Waals surface area contributed by atoms with E-state index in [0.717, 1.165) is 11.0 Å². The first-order valence-corrected chi connectivity index (χ1v) is 8.81. The molecule has 4 amide bonds. The lowest BCUT2D eigenvalue weighted by Gasteiger charge is -2.35. The average molecular weight is 408 g/mol. The summed E-state index contributed by atoms with van der Waals surface area (Å²) in [5.74, 6) is -1.79. The molecule has 2 N–H and O–H groups in total. The van der Waals surface area contributed by atoms with Crippen molar-refractivity contribution in [1.82, 2.24) is 10.2 Å². The molecule has 0 radical (unpaired) electrons. The van der Waals surface area contributed by atoms with Crippen LogP contribution >= 0.6 is 0 Å². The van der Waals surface area contributed by atoms with Gasteiger partial charge in [-0.25, -0.2) is 14.5 Å². The number of hydrogen-bond donors (Lipinski definition) is 2. The first-order chi connectivity index (χ1) is 14.4. The molecular formula is C21H16N2O7. The van der Waals surface area contributed by atoms with Gasteiger partial charge in [0.2, 0.25) is 5.91 Å². The summed E-state index contributed by atoms with van der Waals surface area (Å²) in [6, 6.07) is 14.5. The van der Waals surface area contributed by atoms with Crippen LogP contribution < -0.4 is 10.1 Å². The number of carbonyl (C=O) groups excluding carboxylic acids is 4. The molecule has 9 heteroatoms. The molecule has 9 nitrogen and oxygen atoms in total. The number of carboxylic acids is 1. The largest absolute Gasteiger partial charge is 0.478 e. The molecule has 1 saturated heterocycles. The van der Waals surface area contributed by atoms with E-state index in [2.05, 4.69) is 5.32 Å². The Balaban J connectivity index is 0.000000196. The summed E-state index contributed by atoms with van der Waals surface area (Å²) in [5, 5.41) is 10.7. The van der Waals surface area contributed by atoms with Crippen LogP contribution in [0.15, 0.2) is 66.7 Å². The van der Waals surface area contributed by atoms with E-state index in [-0.39, 0.29) is 24.1 Å². The maximum Gasteiger partial charge on any atom is 0.422 e. The highest BCUT2D eigenvalue weighted by Gasteiger charge is 2.40. The van der Waals surface area contributed by atoms with E-state index < -0.39 is 18.1 Å². The number of imide groups is 2. The van der Waals surface area contributed by atoms with Gasteiger partial charge >= 0.3 is 12.1 Å². The zero-order chi connectivity index (χ0) is 21.7. The van der Waals surface area contributed by atoms with Crippen LogP contribution in [0.2, 0.25) is 0 Å². The quantitative estimate of drug-likeness (QED) is 0.451. The van der Waals surface area contributed by atoms with Gasteiger partial charge in [0.05, 0.1) is 23.6 Å². The number of fused-ring (bicyclic) bond motifs is 1. The van der Waals surface area contributed by atoms with Crippen molar-refractivity contribution in [1.29, 1.82) is 0 Å². The summed E-state index contributed by atoms with van der Waals surface area (Å²) >= 11 is 0. The summed E-state index contributed by atoms with van der Waals surface area (Å²) < 4.78 is 5.01. The molecule has 2 aromatic carbocycles. The fourth-order valence-corrected chi connectivity index (χ4v) is 2.78. The van der Waals surface area contributed by atoms with Gasteiger partial charge in [-0.15, -0.1) is 0 Å². The molecule has 0 bridgehead atoms. The molecular weight excluding hydrogens is 392 g/mol. The minimum atomic E-state index is -1.13. The normalized spacial score (nSPS) is 16.9. The zero-order valence-corrected chi connectivity index (χ0v) is 15.5. The number of rotatable bonds is 3. The molecule has 0 unspecified atom stereocenters. The highest BCUT2D eigenvalue weighted by Crippen LogP contribution is 2.22. The van der Waals surface area contributed by atoms with Crippen molar-refractivity contribution >= 4 is 29.8 Å². The van der Waals surface area contributed by atoms with Crippen LogP contribution in [-0.4, -0.2) is 45.8 Å². The number of nitrogens with zero attached hydrogens (tertiary/aromatic N) is 1. The van der Waals surface area contributed by atoms with Gasteiger partial charge < -0.3 is 9.84 Å². The molecule has 1 atom stereocenters. The monoisotopic (exact) mass is 408 g/mol. The van der Waals surface area contributed by atoms with Crippen molar-refractivity contribution in [2.45, 2.75) is 12.5 Å². The highest BCUT2D eigenvalue weighted by molar-refractivity contribution is 6.21. The Labute approximate surface area is 170 Å². The van der Waals surface area contributed by atoms with Crippen LogP contribution in [0.1, 0.15) is 27.1 Å². The Morgan fingerprint density at radius 1 is 0.967 bits per heavy atom. The number of nitrogens with one attached hydrogen (secondary N) is 1. The molecule has 0 aliphatic carbocycles. The van der Waals surface area contributed by atoms with Crippen molar-refractivity contribution < 1.29 is 33.8 Å². The van der Waals surface area contributed by atoms with E-state index >= 15 is 0 Å². The van der Waals surface area contributed by atoms with E-state index in [1.807, 2.05) is 0 Å². The van der Waals surface area contributed by atoms with Gasteiger partial charge in [0.15, 0.2) is 0 Å². The van der Waals surface area contributed by atoms with Crippen LogP contribution in [0.3, 0.4) is 0 Å². The Morgan fingerprint density at radius 3 is 2.07 bits per heavy atom.